The molecule has 0 fully saturated rings. The molecule has 2 amide bonds. The lowest BCUT2D eigenvalue weighted by Gasteiger charge is -2.23. The first kappa shape index (κ1) is 17.6. The second-order valence-corrected chi connectivity index (χ2v) is 4.88. The Bertz CT molecular complexity index is 555. The molecule has 0 N–H and O–H groups in total. The van der Waals surface area contributed by atoms with Gasteiger partial charge in [-0.2, -0.15) is 0 Å². The van der Waals surface area contributed by atoms with Crippen LogP contribution in [0.4, 0.5) is 5.69 Å². The largest absolute Gasteiger partial charge is 0.342 e. The van der Waals surface area contributed by atoms with Crippen LogP contribution in [0.5, 0.6) is 0 Å². The van der Waals surface area contributed by atoms with Crippen LogP contribution >= 0.6 is 0 Å². The van der Waals surface area contributed by atoms with E-state index in [-0.39, 0.29) is 30.5 Å². The summed E-state index contributed by atoms with van der Waals surface area (Å²) in [6.45, 7) is 4.89. The SMILES string of the molecule is CCN(CC)C(=O)CN(C)C(=O)Cc1ccccc1[N+](=O)[O-]. The minimum Gasteiger partial charge on any atom is -0.342 e. The molecule has 0 radical (unpaired) electrons. The Hall–Kier alpha value is -2.44. The van der Waals surface area contributed by atoms with Crippen molar-refractivity contribution in [2.45, 2.75) is 20.3 Å². The maximum Gasteiger partial charge on any atom is 0.273 e. The van der Waals surface area contributed by atoms with Crippen molar-refractivity contribution < 1.29 is 14.5 Å². The van der Waals surface area contributed by atoms with Crippen LogP contribution in [-0.2, 0) is 16.0 Å². The zero-order valence-corrected chi connectivity index (χ0v) is 13.1. The van der Waals surface area contributed by atoms with Crippen LogP contribution in [-0.4, -0.2) is 53.2 Å². The summed E-state index contributed by atoms with van der Waals surface area (Å²) in [7, 11) is 1.53. The molecule has 22 heavy (non-hydrogen) atoms. The Balaban J connectivity index is 2.73. The average Bonchev–Trinajstić information content (AvgIpc) is 2.48. The van der Waals surface area contributed by atoms with E-state index in [2.05, 4.69) is 0 Å². The molecule has 0 aliphatic heterocycles. The number of likely N-dealkylation sites (N-methyl/N-ethyl adjacent to an activating group) is 2. The van der Waals surface area contributed by atoms with Crippen LogP contribution in [0.2, 0.25) is 0 Å². The van der Waals surface area contributed by atoms with E-state index in [9.17, 15) is 19.7 Å². The number of para-hydroxylation sites is 1. The number of amides is 2. The number of nitro groups is 1. The van der Waals surface area contributed by atoms with Crippen molar-refractivity contribution in [3.05, 3.63) is 39.9 Å². The van der Waals surface area contributed by atoms with Gasteiger partial charge in [-0.1, -0.05) is 18.2 Å². The Morgan fingerprint density at radius 3 is 2.27 bits per heavy atom. The number of carbonyl (C=O) groups excluding carboxylic acids is 2. The van der Waals surface area contributed by atoms with Gasteiger partial charge in [-0.25, -0.2) is 0 Å². The van der Waals surface area contributed by atoms with Crippen molar-refractivity contribution in [3.63, 3.8) is 0 Å². The molecule has 1 aromatic carbocycles. The zero-order chi connectivity index (χ0) is 16.7. The second-order valence-electron chi connectivity index (χ2n) is 4.88. The molecule has 1 aromatic rings. The van der Waals surface area contributed by atoms with E-state index in [0.717, 1.165) is 0 Å². The van der Waals surface area contributed by atoms with Gasteiger partial charge < -0.3 is 9.80 Å². The summed E-state index contributed by atoms with van der Waals surface area (Å²) in [4.78, 5) is 37.5. The molecule has 0 bridgehead atoms. The van der Waals surface area contributed by atoms with E-state index in [1.807, 2.05) is 13.8 Å². The standard InChI is InChI=1S/C15H21N3O4/c1-4-17(5-2)15(20)11-16(3)14(19)10-12-8-6-7-9-13(12)18(21)22/h6-9H,4-5,10-11H2,1-3H3. The van der Waals surface area contributed by atoms with Gasteiger partial charge in [0.2, 0.25) is 11.8 Å². The minimum absolute atomic E-state index is 0.0266. The van der Waals surface area contributed by atoms with E-state index in [1.165, 1.54) is 18.0 Å². The molecule has 0 aliphatic carbocycles. The van der Waals surface area contributed by atoms with Crippen molar-refractivity contribution >= 4 is 17.5 Å². The fraction of sp³-hybridized carbons (Fsp3) is 0.467. The van der Waals surface area contributed by atoms with Gasteiger partial charge in [0.05, 0.1) is 17.9 Å². The van der Waals surface area contributed by atoms with Gasteiger partial charge in [-0.05, 0) is 13.8 Å². The molecule has 7 nitrogen and oxygen atoms in total. The van der Waals surface area contributed by atoms with Crippen LogP contribution in [0.3, 0.4) is 0 Å². The van der Waals surface area contributed by atoms with E-state index < -0.39 is 4.92 Å². The van der Waals surface area contributed by atoms with Gasteiger partial charge in [0.1, 0.15) is 0 Å². The van der Waals surface area contributed by atoms with E-state index in [4.69, 9.17) is 0 Å². The van der Waals surface area contributed by atoms with Crippen LogP contribution in [0, 0.1) is 10.1 Å². The fourth-order valence-electron chi connectivity index (χ4n) is 2.10. The monoisotopic (exact) mass is 307 g/mol. The number of carbonyl (C=O) groups is 2. The van der Waals surface area contributed by atoms with E-state index in [0.29, 0.717) is 18.7 Å². The molecule has 1 rings (SSSR count). The lowest BCUT2D eigenvalue weighted by molar-refractivity contribution is -0.385. The first-order valence-corrected chi connectivity index (χ1v) is 7.14. The van der Waals surface area contributed by atoms with Gasteiger partial charge >= 0.3 is 0 Å². The Morgan fingerprint density at radius 2 is 1.73 bits per heavy atom. The highest BCUT2D eigenvalue weighted by atomic mass is 16.6. The summed E-state index contributed by atoms with van der Waals surface area (Å²) in [6.07, 6.45) is -0.0980. The highest BCUT2D eigenvalue weighted by Crippen LogP contribution is 2.18. The fourth-order valence-corrected chi connectivity index (χ4v) is 2.10. The van der Waals surface area contributed by atoms with Gasteiger partial charge in [0, 0.05) is 31.8 Å². The maximum absolute atomic E-state index is 12.2. The predicted octanol–water partition coefficient (Wildman–Crippen LogP) is 1.46. The minimum atomic E-state index is -0.510. The summed E-state index contributed by atoms with van der Waals surface area (Å²) >= 11 is 0. The number of benzene rings is 1. The molecule has 0 aliphatic rings. The Labute approximate surface area is 129 Å². The zero-order valence-electron chi connectivity index (χ0n) is 13.1. The number of nitro benzene ring substituents is 1. The Kier molecular flexibility index (Phi) is 6.49. The molecular formula is C15H21N3O4. The summed E-state index contributed by atoms with van der Waals surface area (Å²) < 4.78 is 0. The van der Waals surface area contributed by atoms with Gasteiger partial charge in [0.25, 0.3) is 5.69 Å². The summed E-state index contributed by atoms with van der Waals surface area (Å²) in [5, 5.41) is 10.9. The number of nitrogens with zero attached hydrogens (tertiary/aromatic N) is 3. The van der Waals surface area contributed by atoms with Crippen molar-refractivity contribution in [1.29, 1.82) is 0 Å². The first-order valence-electron chi connectivity index (χ1n) is 7.14. The van der Waals surface area contributed by atoms with Gasteiger partial charge in [0.15, 0.2) is 0 Å². The van der Waals surface area contributed by atoms with Crippen molar-refractivity contribution in [1.82, 2.24) is 9.80 Å². The molecule has 0 heterocycles. The highest BCUT2D eigenvalue weighted by molar-refractivity contribution is 5.86. The molecule has 0 atom stereocenters. The molecule has 0 aromatic heterocycles. The summed E-state index contributed by atoms with van der Waals surface area (Å²) in [6, 6.07) is 6.12. The summed E-state index contributed by atoms with van der Waals surface area (Å²) in [5.74, 6) is -0.460. The Morgan fingerprint density at radius 1 is 1.14 bits per heavy atom. The third kappa shape index (κ3) is 4.54. The van der Waals surface area contributed by atoms with Crippen molar-refractivity contribution in [2.24, 2.45) is 0 Å². The lowest BCUT2D eigenvalue weighted by Crippen LogP contribution is -2.41. The quantitative estimate of drug-likeness (QED) is 0.564. The number of hydrogen-bond donors (Lipinski definition) is 0. The first-order chi connectivity index (χ1) is 10.4. The summed E-state index contributed by atoms with van der Waals surface area (Å²) in [5.41, 5.74) is 0.263. The molecule has 0 saturated carbocycles. The smallest absolute Gasteiger partial charge is 0.273 e. The second kappa shape index (κ2) is 8.11. The van der Waals surface area contributed by atoms with Crippen molar-refractivity contribution in [3.8, 4) is 0 Å². The van der Waals surface area contributed by atoms with Crippen LogP contribution < -0.4 is 0 Å². The van der Waals surface area contributed by atoms with Crippen LogP contribution in [0.1, 0.15) is 19.4 Å². The maximum atomic E-state index is 12.2. The van der Waals surface area contributed by atoms with E-state index in [1.54, 1.807) is 23.1 Å². The molecule has 120 valence electrons. The third-order valence-electron chi connectivity index (χ3n) is 3.44. The lowest BCUT2D eigenvalue weighted by atomic mass is 10.1. The predicted molar refractivity (Wildman–Crippen MR) is 82.4 cm³/mol. The highest BCUT2D eigenvalue weighted by Gasteiger charge is 2.20. The van der Waals surface area contributed by atoms with Gasteiger partial charge in [-0.3, -0.25) is 19.7 Å². The number of hydrogen-bond acceptors (Lipinski definition) is 4. The molecular weight excluding hydrogens is 286 g/mol. The molecule has 0 saturated heterocycles. The normalized spacial score (nSPS) is 10.1. The molecule has 7 heteroatoms. The van der Waals surface area contributed by atoms with Gasteiger partial charge in [-0.15, -0.1) is 0 Å². The molecule has 0 unspecified atom stereocenters. The topological polar surface area (TPSA) is 83.8 Å². The average molecular weight is 307 g/mol. The van der Waals surface area contributed by atoms with E-state index >= 15 is 0 Å². The molecule has 0 spiro atoms. The van der Waals surface area contributed by atoms with Crippen molar-refractivity contribution in [2.75, 3.05) is 26.7 Å². The number of rotatable bonds is 7. The van der Waals surface area contributed by atoms with Crippen LogP contribution in [0.15, 0.2) is 24.3 Å². The third-order valence-corrected chi connectivity index (χ3v) is 3.44. The van der Waals surface area contributed by atoms with Crippen LogP contribution in [0.25, 0.3) is 0 Å².